The fourth-order valence-electron chi connectivity index (χ4n) is 2.90. The summed E-state index contributed by atoms with van der Waals surface area (Å²) in [6.45, 7) is 1.99. The van der Waals surface area contributed by atoms with Gasteiger partial charge in [-0.05, 0) is 51.3 Å². The minimum absolute atomic E-state index is 0.308. The van der Waals surface area contributed by atoms with Gasteiger partial charge in [0, 0.05) is 24.4 Å². The number of halogens is 3. The van der Waals surface area contributed by atoms with Gasteiger partial charge in [0.25, 0.3) is 0 Å². The maximum atomic E-state index is 12.6. The molecule has 0 aliphatic rings. The van der Waals surface area contributed by atoms with Gasteiger partial charge >= 0.3 is 6.36 Å². The predicted molar refractivity (Wildman–Crippen MR) is 117 cm³/mol. The standard InChI is InChI=1S/C22H25F3N6O/c1-31(2)12-6-11-27-21-29-19(16-7-5-9-18(13-16)32-22(23,24)25)14-20(30-21)28-15-17-8-3-4-10-26-17/h3-5,7-10,13-14H,6,11-12,15H2,1-2H3,(H2,27,28,29,30). The summed E-state index contributed by atoms with van der Waals surface area (Å²) in [4.78, 5) is 15.3. The fraction of sp³-hybridized carbons (Fsp3) is 0.318. The lowest BCUT2D eigenvalue weighted by Gasteiger charge is -2.13. The third-order valence-electron chi connectivity index (χ3n) is 4.33. The molecule has 170 valence electrons. The molecule has 2 heterocycles. The van der Waals surface area contributed by atoms with E-state index in [9.17, 15) is 13.2 Å². The zero-order valence-electron chi connectivity index (χ0n) is 17.9. The summed E-state index contributed by atoms with van der Waals surface area (Å²) in [5, 5.41) is 6.39. The lowest BCUT2D eigenvalue weighted by atomic mass is 10.1. The first-order valence-electron chi connectivity index (χ1n) is 10.1. The second kappa shape index (κ2) is 10.8. The van der Waals surface area contributed by atoms with Crippen LogP contribution in [0, 0.1) is 0 Å². The van der Waals surface area contributed by atoms with Gasteiger partial charge in [0.15, 0.2) is 0 Å². The molecule has 0 aliphatic heterocycles. The minimum Gasteiger partial charge on any atom is -0.406 e. The average Bonchev–Trinajstić information content (AvgIpc) is 2.75. The number of nitrogens with zero attached hydrogens (tertiary/aromatic N) is 4. The first-order valence-corrected chi connectivity index (χ1v) is 10.1. The van der Waals surface area contributed by atoms with Crippen molar-refractivity contribution in [2.24, 2.45) is 0 Å². The summed E-state index contributed by atoms with van der Waals surface area (Å²) in [6, 6.07) is 13.0. The molecule has 32 heavy (non-hydrogen) atoms. The van der Waals surface area contributed by atoms with Crippen LogP contribution in [0.15, 0.2) is 54.7 Å². The van der Waals surface area contributed by atoms with Crippen LogP contribution >= 0.6 is 0 Å². The molecule has 0 unspecified atom stereocenters. The molecular formula is C22H25F3N6O. The molecule has 0 fully saturated rings. The Morgan fingerprint density at radius 1 is 1.00 bits per heavy atom. The van der Waals surface area contributed by atoms with Crippen molar-refractivity contribution in [2.45, 2.75) is 19.3 Å². The van der Waals surface area contributed by atoms with Gasteiger partial charge in [0.05, 0.1) is 17.9 Å². The molecule has 3 aromatic rings. The first kappa shape index (κ1) is 23.3. The maximum Gasteiger partial charge on any atom is 0.573 e. The normalized spacial score (nSPS) is 11.4. The molecule has 0 aliphatic carbocycles. The smallest absolute Gasteiger partial charge is 0.406 e. The van der Waals surface area contributed by atoms with Crippen molar-refractivity contribution < 1.29 is 17.9 Å². The number of hydrogen-bond acceptors (Lipinski definition) is 7. The Bertz CT molecular complexity index is 998. The van der Waals surface area contributed by atoms with Gasteiger partial charge in [0.1, 0.15) is 11.6 Å². The number of anilines is 2. The van der Waals surface area contributed by atoms with Crippen molar-refractivity contribution in [1.29, 1.82) is 0 Å². The number of pyridine rings is 1. The van der Waals surface area contributed by atoms with Crippen molar-refractivity contribution in [3.8, 4) is 17.0 Å². The van der Waals surface area contributed by atoms with E-state index in [1.54, 1.807) is 18.3 Å². The average molecular weight is 446 g/mol. The summed E-state index contributed by atoms with van der Waals surface area (Å²) >= 11 is 0. The quantitative estimate of drug-likeness (QED) is 0.447. The Hall–Kier alpha value is -3.40. The topological polar surface area (TPSA) is 75.2 Å². The molecule has 1 aromatic carbocycles. The van der Waals surface area contributed by atoms with E-state index >= 15 is 0 Å². The van der Waals surface area contributed by atoms with E-state index in [1.165, 1.54) is 18.2 Å². The van der Waals surface area contributed by atoms with E-state index in [0.717, 1.165) is 18.7 Å². The zero-order valence-corrected chi connectivity index (χ0v) is 17.9. The summed E-state index contributed by atoms with van der Waals surface area (Å²) in [6.07, 6.45) is -2.18. The Morgan fingerprint density at radius 3 is 2.56 bits per heavy atom. The zero-order chi connectivity index (χ0) is 23.0. The van der Waals surface area contributed by atoms with E-state index in [-0.39, 0.29) is 5.75 Å². The molecular weight excluding hydrogens is 421 g/mol. The van der Waals surface area contributed by atoms with Crippen LogP contribution in [-0.4, -0.2) is 53.4 Å². The summed E-state index contributed by atoms with van der Waals surface area (Å²) < 4.78 is 41.9. The van der Waals surface area contributed by atoms with E-state index < -0.39 is 6.36 Å². The number of hydrogen-bond donors (Lipinski definition) is 2. The van der Waals surface area contributed by atoms with Gasteiger partial charge < -0.3 is 20.3 Å². The van der Waals surface area contributed by atoms with Gasteiger partial charge in [0.2, 0.25) is 5.95 Å². The third kappa shape index (κ3) is 7.69. The number of aromatic nitrogens is 3. The van der Waals surface area contributed by atoms with Crippen LogP contribution in [-0.2, 0) is 6.54 Å². The van der Waals surface area contributed by atoms with Gasteiger partial charge in [-0.3, -0.25) is 4.98 Å². The molecule has 2 aromatic heterocycles. The van der Waals surface area contributed by atoms with Crippen LogP contribution in [0.25, 0.3) is 11.3 Å². The molecule has 0 bridgehead atoms. The highest BCUT2D eigenvalue weighted by molar-refractivity contribution is 5.66. The number of benzene rings is 1. The molecule has 2 N–H and O–H groups in total. The lowest BCUT2D eigenvalue weighted by molar-refractivity contribution is -0.274. The van der Waals surface area contributed by atoms with Crippen LogP contribution in [0.2, 0.25) is 0 Å². The van der Waals surface area contributed by atoms with E-state index in [0.29, 0.717) is 36.1 Å². The number of rotatable bonds is 10. The molecule has 10 heteroatoms. The first-order chi connectivity index (χ1) is 15.3. The molecule has 0 saturated carbocycles. The lowest BCUT2D eigenvalue weighted by Crippen LogP contribution is -2.17. The molecule has 0 atom stereocenters. The van der Waals surface area contributed by atoms with Gasteiger partial charge in [-0.2, -0.15) is 4.98 Å². The summed E-state index contributed by atoms with van der Waals surface area (Å²) in [5.74, 6) is 0.599. The summed E-state index contributed by atoms with van der Waals surface area (Å²) in [7, 11) is 3.99. The van der Waals surface area contributed by atoms with Crippen molar-refractivity contribution in [3.05, 3.63) is 60.4 Å². The number of alkyl halides is 3. The van der Waals surface area contributed by atoms with Crippen LogP contribution < -0.4 is 15.4 Å². The molecule has 7 nitrogen and oxygen atoms in total. The van der Waals surface area contributed by atoms with E-state index in [4.69, 9.17) is 0 Å². The molecule has 0 spiro atoms. The third-order valence-corrected chi connectivity index (χ3v) is 4.33. The highest BCUT2D eigenvalue weighted by Gasteiger charge is 2.31. The van der Waals surface area contributed by atoms with Crippen LogP contribution in [0.4, 0.5) is 24.9 Å². The Balaban J connectivity index is 1.83. The molecule has 0 radical (unpaired) electrons. The maximum absolute atomic E-state index is 12.6. The van der Waals surface area contributed by atoms with Crippen molar-refractivity contribution in [3.63, 3.8) is 0 Å². The van der Waals surface area contributed by atoms with Crippen molar-refractivity contribution in [2.75, 3.05) is 37.8 Å². The largest absolute Gasteiger partial charge is 0.573 e. The SMILES string of the molecule is CN(C)CCCNc1nc(NCc2ccccn2)cc(-c2cccc(OC(F)(F)F)c2)n1. The van der Waals surface area contributed by atoms with E-state index in [2.05, 4.69) is 35.2 Å². The van der Waals surface area contributed by atoms with Gasteiger partial charge in [-0.15, -0.1) is 13.2 Å². The van der Waals surface area contributed by atoms with Crippen molar-refractivity contribution >= 4 is 11.8 Å². The monoisotopic (exact) mass is 446 g/mol. The van der Waals surface area contributed by atoms with Gasteiger partial charge in [-0.1, -0.05) is 18.2 Å². The molecule has 0 saturated heterocycles. The van der Waals surface area contributed by atoms with Crippen LogP contribution in [0.3, 0.4) is 0 Å². The number of nitrogens with one attached hydrogen (secondary N) is 2. The predicted octanol–water partition coefficient (Wildman–Crippen LogP) is 4.41. The van der Waals surface area contributed by atoms with E-state index in [1.807, 2.05) is 32.3 Å². The highest BCUT2D eigenvalue weighted by atomic mass is 19.4. The molecule has 3 rings (SSSR count). The minimum atomic E-state index is -4.77. The highest BCUT2D eigenvalue weighted by Crippen LogP contribution is 2.28. The second-order valence-corrected chi connectivity index (χ2v) is 7.30. The van der Waals surface area contributed by atoms with Crippen LogP contribution in [0.1, 0.15) is 12.1 Å². The molecule has 0 amide bonds. The fourth-order valence-corrected chi connectivity index (χ4v) is 2.90. The van der Waals surface area contributed by atoms with Gasteiger partial charge in [-0.25, -0.2) is 4.98 Å². The summed E-state index contributed by atoms with van der Waals surface area (Å²) in [5.41, 5.74) is 1.77. The van der Waals surface area contributed by atoms with Crippen LogP contribution in [0.5, 0.6) is 5.75 Å². The number of ether oxygens (including phenoxy) is 1. The Morgan fingerprint density at radius 2 is 1.84 bits per heavy atom. The Labute approximate surface area is 184 Å². The van der Waals surface area contributed by atoms with Crippen molar-refractivity contribution in [1.82, 2.24) is 19.9 Å². The second-order valence-electron chi connectivity index (χ2n) is 7.30. The Kier molecular flexibility index (Phi) is 7.82.